The van der Waals surface area contributed by atoms with Gasteiger partial charge in [-0.15, -0.1) is 0 Å². The maximum absolute atomic E-state index is 12.9. The van der Waals surface area contributed by atoms with E-state index in [1.807, 2.05) is 30.3 Å². The van der Waals surface area contributed by atoms with E-state index in [1.54, 1.807) is 35.0 Å². The van der Waals surface area contributed by atoms with Gasteiger partial charge in [-0.1, -0.05) is 18.2 Å². The number of benzene rings is 1. The fourth-order valence-corrected chi connectivity index (χ4v) is 3.55. The molecule has 1 aromatic carbocycles. The number of aromatic nitrogens is 4. The number of imidazole rings is 1. The van der Waals surface area contributed by atoms with Gasteiger partial charge in [-0.05, 0) is 31.0 Å². The molecule has 0 saturated carbocycles. The Hall–Kier alpha value is -3.42. The molecule has 1 N–H and O–H groups in total. The molecule has 1 saturated heterocycles. The van der Waals surface area contributed by atoms with Crippen molar-refractivity contribution < 1.29 is 14.3 Å². The molecule has 0 spiro atoms. The Morgan fingerprint density at radius 3 is 2.86 bits per heavy atom. The van der Waals surface area contributed by atoms with Crippen LogP contribution in [0.2, 0.25) is 0 Å². The highest BCUT2D eigenvalue weighted by atomic mass is 16.5. The minimum atomic E-state index is -0.242. The van der Waals surface area contributed by atoms with Crippen molar-refractivity contribution in [3.63, 3.8) is 0 Å². The quantitative estimate of drug-likeness (QED) is 0.650. The first-order valence-corrected chi connectivity index (χ1v) is 9.65. The summed E-state index contributed by atoms with van der Waals surface area (Å²) < 4.78 is 7.40. The van der Waals surface area contributed by atoms with Crippen LogP contribution in [0.4, 0.5) is 0 Å². The third-order valence-electron chi connectivity index (χ3n) is 5.11. The predicted octanol–water partition coefficient (Wildman–Crippen LogP) is 2.46. The Bertz CT molecular complexity index is 995. The number of carbonyl (C=O) groups is 2. The number of piperidine rings is 1. The lowest BCUT2D eigenvalue weighted by Crippen LogP contribution is -2.42. The second-order valence-electron chi connectivity index (χ2n) is 7.20. The average Bonchev–Trinajstić information content (AvgIpc) is 3.41. The number of hydrogen-bond acceptors (Lipinski definition) is 5. The maximum atomic E-state index is 12.9. The van der Waals surface area contributed by atoms with E-state index >= 15 is 0 Å². The molecular formula is C21H23N5O3. The summed E-state index contributed by atoms with van der Waals surface area (Å²) in [5.41, 5.74) is 1.05. The number of amides is 1. The maximum Gasteiger partial charge on any atom is 0.274 e. The number of Topliss-reactive ketones (excluding diaryl/α,β-unsaturated/α-hetero) is 1. The summed E-state index contributed by atoms with van der Waals surface area (Å²) in [6, 6.07) is 11.2. The molecule has 0 aliphatic carbocycles. The molecule has 0 radical (unpaired) electrons. The van der Waals surface area contributed by atoms with Crippen molar-refractivity contribution >= 4 is 11.7 Å². The van der Waals surface area contributed by atoms with E-state index in [4.69, 9.17) is 4.74 Å². The highest BCUT2D eigenvalue weighted by molar-refractivity contribution is 5.96. The van der Waals surface area contributed by atoms with E-state index in [0.717, 1.165) is 24.3 Å². The van der Waals surface area contributed by atoms with E-state index in [2.05, 4.69) is 15.2 Å². The first-order chi connectivity index (χ1) is 14.1. The molecule has 1 unspecified atom stereocenters. The molecule has 8 heteroatoms. The molecule has 4 rings (SSSR count). The Morgan fingerprint density at radius 1 is 1.28 bits per heavy atom. The molecule has 1 fully saturated rings. The summed E-state index contributed by atoms with van der Waals surface area (Å²) in [7, 11) is 1.80. The van der Waals surface area contributed by atoms with Crippen molar-refractivity contribution in [2.45, 2.75) is 19.4 Å². The number of nitrogens with one attached hydrogen (secondary N) is 1. The van der Waals surface area contributed by atoms with Gasteiger partial charge in [0, 0.05) is 38.4 Å². The van der Waals surface area contributed by atoms with Gasteiger partial charge in [0.05, 0.1) is 5.69 Å². The van der Waals surface area contributed by atoms with Crippen LogP contribution in [-0.2, 0) is 13.7 Å². The van der Waals surface area contributed by atoms with Gasteiger partial charge in [-0.25, -0.2) is 4.98 Å². The molecule has 3 heterocycles. The summed E-state index contributed by atoms with van der Waals surface area (Å²) in [6.45, 7) is 1.30. The zero-order chi connectivity index (χ0) is 20.2. The molecule has 1 aliphatic rings. The topological polar surface area (TPSA) is 93.1 Å². The lowest BCUT2D eigenvalue weighted by molar-refractivity contribution is 0.0628. The molecule has 1 atom stereocenters. The Balaban J connectivity index is 1.38. The zero-order valence-corrected chi connectivity index (χ0v) is 16.2. The number of rotatable bonds is 6. The summed E-state index contributed by atoms with van der Waals surface area (Å²) in [4.78, 5) is 31.5. The third kappa shape index (κ3) is 4.21. The van der Waals surface area contributed by atoms with Crippen LogP contribution < -0.4 is 4.74 Å². The van der Waals surface area contributed by atoms with Crippen LogP contribution >= 0.6 is 0 Å². The fraction of sp³-hybridized carbons (Fsp3) is 0.333. The van der Waals surface area contributed by atoms with Crippen molar-refractivity contribution in [2.24, 2.45) is 13.0 Å². The van der Waals surface area contributed by atoms with E-state index < -0.39 is 0 Å². The summed E-state index contributed by atoms with van der Waals surface area (Å²) >= 11 is 0. The predicted molar refractivity (Wildman–Crippen MR) is 106 cm³/mol. The highest BCUT2D eigenvalue weighted by Crippen LogP contribution is 2.22. The van der Waals surface area contributed by atoms with Crippen LogP contribution in [0, 0.1) is 5.92 Å². The molecule has 150 valence electrons. The van der Waals surface area contributed by atoms with Crippen LogP contribution in [0.15, 0.2) is 48.8 Å². The van der Waals surface area contributed by atoms with Crippen molar-refractivity contribution in [1.29, 1.82) is 0 Å². The van der Waals surface area contributed by atoms with E-state index in [9.17, 15) is 9.59 Å². The van der Waals surface area contributed by atoms with Crippen LogP contribution in [0.3, 0.4) is 0 Å². The molecule has 0 bridgehead atoms. The smallest absolute Gasteiger partial charge is 0.274 e. The number of likely N-dealkylation sites (tertiary alicyclic amines) is 1. The number of H-pyrrole nitrogens is 1. The van der Waals surface area contributed by atoms with Crippen molar-refractivity contribution in [1.82, 2.24) is 24.6 Å². The van der Waals surface area contributed by atoms with Crippen LogP contribution in [0.5, 0.6) is 5.75 Å². The summed E-state index contributed by atoms with van der Waals surface area (Å²) in [6.07, 6.45) is 4.90. The number of para-hydroxylation sites is 1. The first-order valence-electron chi connectivity index (χ1n) is 9.65. The van der Waals surface area contributed by atoms with E-state index in [0.29, 0.717) is 31.2 Å². The van der Waals surface area contributed by atoms with Crippen molar-refractivity contribution in [3.8, 4) is 5.75 Å². The molecular weight excluding hydrogens is 370 g/mol. The van der Waals surface area contributed by atoms with Crippen LogP contribution in [0.25, 0.3) is 0 Å². The minimum absolute atomic E-state index is 0.0195. The van der Waals surface area contributed by atoms with Crippen LogP contribution in [-0.4, -0.2) is 49.4 Å². The highest BCUT2D eigenvalue weighted by Gasteiger charge is 2.31. The van der Waals surface area contributed by atoms with E-state index in [1.165, 1.54) is 0 Å². The fourth-order valence-electron chi connectivity index (χ4n) is 3.55. The molecule has 3 aromatic rings. The lowest BCUT2D eigenvalue weighted by atomic mass is 9.93. The lowest BCUT2D eigenvalue weighted by Gasteiger charge is -2.31. The minimum Gasteiger partial charge on any atom is -0.487 e. The molecule has 2 aromatic heterocycles. The van der Waals surface area contributed by atoms with Crippen molar-refractivity contribution in [3.05, 3.63) is 66.0 Å². The van der Waals surface area contributed by atoms with E-state index in [-0.39, 0.29) is 17.6 Å². The number of ether oxygens (including phenoxy) is 1. The SMILES string of the molecule is Cn1ccnc1C(=O)C1CCCN(C(=O)c2cc(COc3ccccc3)[nH]n2)C1. The zero-order valence-electron chi connectivity index (χ0n) is 16.2. The Kier molecular flexibility index (Phi) is 5.41. The second-order valence-corrected chi connectivity index (χ2v) is 7.20. The second kappa shape index (κ2) is 8.30. The van der Waals surface area contributed by atoms with Gasteiger partial charge in [0.25, 0.3) is 5.91 Å². The van der Waals surface area contributed by atoms with Gasteiger partial charge in [0.15, 0.2) is 11.5 Å². The number of aryl methyl sites for hydroxylation is 1. The third-order valence-corrected chi connectivity index (χ3v) is 5.11. The van der Waals surface area contributed by atoms with Gasteiger partial charge in [0.2, 0.25) is 5.78 Å². The van der Waals surface area contributed by atoms with Crippen molar-refractivity contribution in [2.75, 3.05) is 13.1 Å². The molecule has 1 amide bonds. The van der Waals surface area contributed by atoms with Crippen LogP contribution in [0.1, 0.15) is 39.6 Å². The summed E-state index contributed by atoms with van der Waals surface area (Å²) in [5.74, 6) is 0.748. The Labute approximate surface area is 168 Å². The first kappa shape index (κ1) is 18.9. The average molecular weight is 393 g/mol. The van der Waals surface area contributed by atoms with Gasteiger partial charge in [-0.3, -0.25) is 14.7 Å². The normalized spacial score (nSPS) is 16.6. The monoisotopic (exact) mass is 393 g/mol. The summed E-state index contributed by atoms with van der Waals surface area (Å²) in [5, 5.41) is 7.00. The largest absolute Gasteiger partial charge is 0.487 e. The number of nitrogens with zero attached hydrogens (tertiary/aromatic N) is 4. The number of hydrogen-bond donors (Lipinski definition) is 1. The van der Waals surface area contributed by atoms with Gasteiger partial charge in [0.1, 0.15) is 12.4 Å². The Morgan fingerprint density at radius 2 is 2.10 bits per heavy atom. The van der Waals surface area contributed by atoms with Gasteiger partial charge >= 0.3 is 0 Å². The molecule has 29 heavy (non-hydrogen) atoms. The molecule has 8 nitrogen and oxygen atoms in total. The number of aromatic amines is 1. The van der Waals surface area contributed by atoms with Gasteiger partial charge in [-0.2, -0.15) is 5.10 Å². The standard InChI is InChI=1S/C21H23N5O3/c1-25-11-9-22-20(25)19(27)15-6-5-10-26(13-15)21(28)18-12-16(23-24-18)14-29-17-7-3-2-4-8-17/h2-4,7-9,11-12,15H,5-6,10,13-14H2,1H3,(H,23,24). The van der Waals surface area contributed by atoms with Gasteiger partial charge < -0.3 is 14.2 Å². The number of carbonyl (C=O) groups excluding carboxylic acids is 2. The number of ketones is 1. The molecule has 1 aliphatic heterocycles.